The second-order valence-electron chi connectivity index (χ2n) is 2.44. The third-order valence-corrected chi connectivity index (χ3v) is 0.732. The third kappa shape index (κ3) is 45.1. The largest absolute Gasteiger partial charge is 0.473 e. The highest BCUT2D eigenvalue weighted by Gasteiger charge is 2.05. The fourth-order valence-electron chi connectivity index (χ4n) is 0. The Bertz CT molecular complexity index is 384. The van der Waals surface area contributed by atoms with E-state index in [1.807, 2.05) is 0 Å². The molecule has 0 aliphatic heterocycles. The molecular weight excluding hydrogens is 364 g/mol. The minimum absolute atomic E-state index is 0. The Hall–Kier alpha value is -4.24. The van der Waals surface area contributed by atoms with Gasteiger partial charge in [-0.1, -0.05) is 7.43 Å². The molecule has 0 aromatic heterocycles. The Kier molecular flexibility index (Phi) is 23.3. The van der Waals surface area contributed by atoms with Crippen molar-refractivity contribution in [3.05, 3.63) is 0 Å². The average Bonchev–Trinajstić information content (AvgIpc) is 2.40. The summed E-state index contributed by atoms with van der Waals surface area (Å²) < 4.78 is 0. The minimum atomic E-state index is -1.82. The molecule has 16 heteroatoms. The SMILES string of the molecule is C.O=C(O)C(=O)O.O=C(O)C(=O)O.O=C(O)C(=O)O.O=C(O)C(=O)O. The summed E-state index contributed by atoms with van der Waals surface area (Å²) in [5.74, 6) is -14.6. The van der Waals surface area contributed by atoms with Gasteiger partial charge in [0.15, 0.2) is 0 Å². The van der Waals surface area contributed by atoms with Crippen LogP contribution in [-0.2, 0) is 38.4 Å². The van der Waals surface area contributed by atoms with E-state index >= 15 is 0 Å². The van der Waals surface area contributed by atoms with Crippen LogP contribution < -0.4 is 0 Å². The maximum absolute atomic E-state index is 9.10. The van der Waals surface area contributed by atoms with Crippen molar-refractivity contribution in [3.8, 4) is 0 Å². The summed E-state index contributed by atoms with van der Waals surface area (Å²) in [6, 6.07) is 0. The van der Waals surface area contributed by atoms with Gasteiger partial charge < -0.3 is 40.9 Å². The lowest BCUT2D eigenvalue weighted by Gasteiger charge is -1.72. The number of carbonyl (C=O) groups is 8. The first-order valence-electron chi connectivity index (χ1n) is 4.42. The van der Waals surface area contributed by atoms with Crippen LogP contribution in [0.3, 0.4) is 0 Å². The number of rotatable bonds is 0. The van der Waals surface area contributed by atoms with E-state index in [1.165, 1.54) is 0 Å². The molecule has 0 aromatic rings. The molecule has 0 fully saturated rings. The normalized spacial score (nSPS) is 7.04. The van der Waals surface area contributed by atoms with Gasteiger partial charge in [0.05, 0.1) is 0 Å². The van der Waals surface area contributed by atoms with Crippen LogP contribution in [-0.4, -0.2) is 88.6 Å². The molecule has 0 rings (SSSR count). The van der Waals surface area contributed by atoms with Crippen LogP contribution in [0.25, 0.3) is 0 Å². The fourth-order valence-corrected chi connectivity index (χ4v) is 0. The lowest BCUT2D eigenvalue weighted by atomic mass is 10.7. The summed E-state index contributed by atoms with van der Waals surface area (Å²) in [6.07, 6.45) is 0. The lowest BCUT2D eigenvalue weighted by molar-refractivity contribution is -0.159. The molecular formula is C9H12O16. The van der Waals surface area contributed by atoms with Crippen molar-refractivity contribution < 1.29 is 79.2 Å². The van der Waals surface area contributed by atoms with E-state index in [1.54, 1.807) is 0 Å². The summed E-state index contributed by atoms with van der Waals surface area (Å²) in [7, 11) is 0. The van der Waals surface area contributed by atoms with E-state index in [9.17, 15) is 0 Å². The maximum Gasteiger partial charge on any atom is 0.414 e. The number of aliphatic carboxylic acids is 8. The first-order chi connectivity index (χ1) is 10.6. The zero-order valence-electron chi connectivity index (χ0n) is 10.8. The predicted octanol–water partition coefficient (Wildman–Crippen LogP) is -2.74. The van der Waals surface area contributed by atoms with Gasteiger partial charge in [-0.15, -0.1) is 0 Å². The molecule has 0 heterocycles. The van der Waals surface area contributed by atoms with Gasteiger partial charge in [0.25, 0.3) is 0 Å². The Morgan fingerprint density at radius 3 is 0.320 bits per heavy atom. The molecule has 0 unspecified atom stereocenters. The van der Waals surface area contributed by atoms with Crippen molar-refractivity contribution in [1.82, 2.24) is 0 Å². The van der Waals surface area contributed by atoms with Crippen molar-refractivity contribution in [3.63, 3.8) is 0 Å². The Labute approximate surface area is 135 Å². The first kappa shape index (κ1) is 32.6. The summed E-state index contributed by atoms with van der Waals surface area (Å²) in [5, 5.41) is 59.1. The van der Waals surface area contributed by atoms with E-state index in [4.69, 9.17) is 79.2 Å². The molecule has 0 saturated heterocycles. The van der Waals surface area contributed by atoms with Crippen LogP contribution in [0, 0.1) is 0 Å². The lowest BCUT2D eigenvalue weighted by Crippen LogP contribution is -2.09. The van der Waals surface area contributed by atoms with Gasteiger partial charge in [-0.3, -0.25) is 0 Å². The maximum atomic E-state index is 9.10. The minimum Gasteiger partial charge on any atom is -0.473 e. The molecule has 0 amide bonds. The fraction of sp³-hybridized carbons (Fsp3) is 0.111. The molecule has 16 nitrogen and oxygen atoms in total. The molecule has 25 heavy (non-hydrogen) atoms. The molecule has 0 saturated carbocycles. The summed E-state index contributed by atoms with van der Waals surface area (Å²) in [6.45, 7) is 0. The van der Waals surface area contributed by atoms with E-state index in [0.29, 0.717) is 0 Å². The van der Waals surface area contributed by atoms with Crippen molar-refractivity contribution >= 4 is 47.8 Å². The highest BCUT2D eigenvalue weighted by Crippen LogP contribution is 1.57. The molecule has 0 aromatic carbocycles. The van der Waals surface area contributed by atoms with Gasteiger partial charge in [-0.2, -0.15) is 0 Å². The Balaban J connectivity index is -0.0000000702. The van der Waals surface area contributed by atoms with Crippen molar-refractivity contribution in [2.75, 3.05) is 0 Å². The van der Waals surface area contributed by atoms with Crippen LogP contribution >= 0.6 is 0 Å². The molecule has 144 valence electrons. The number of carboxylic acid groups (broad SMARTS) is 8. The topological polar surface area (TPSA) is 298 Å². The molecule has 0 bridgehead atoms. The van der Waals surface area contributed by atoms with Crippen molar-refractivity contribution in [2.45, 2.75) is 7.43 Å². The van der Waals surface area contributed by atoms with Gasteiger partial charge in [0.1, 0.15) is 0 Å². The molecule has 0 radical (unpaired) electrons. The van der Waals surface area contributed by atoms with Gasteiger partial charge >= 0.3 is 47.8 Å². The van der Waals surface area contributed by atoms with Crippen molar-refractivity contribution in [2.24, 2.45) is 0 Å². The third-order valence-electron chi connectivity index (χ3n) is 0.732. The predicted molar refractivity (Wildman–Crippen MR) is 67.8 cm³/mol. The second kappa shape index (κ2) is 17.8. The van der Waals surface area contributed by atoms with Gasteiger partial charge in [0, 0.05) is 0 Å². The number of carboxylic acids is 8. The van der Waals surface area contributed by atoms with E-state index in [0.717, 1.165) is 0 Å². The van der Waals surface area contributed by atoms with Crippen LogP contribution in [0.5, 0.6) is 0 Å². The van der Waals surface area contributed by atoms with Crippen LogP contribution in [0.1, 0.15) is 7.43 Å². The standard InChI is InChI=1S/4C2H2O4.CH4/c4*3-1(4)2(5)6;/h4*(H,3,4)(H,5,6);1H4. The van der Waals surface area contributed by atoms with Gasteiger partial charge in [0.2, 0.25) is 0 Å². The Morgan fingerprint density at radius 2 is 0.320 bits per heavy atom. The van der Waals surface area contributed by atoms with E-state index in [-0.39, 0.29) is 7.43 Å². The van der Waals surface area contributed by atoms with Crippen molar-refractivity contribution in [1.29, 1.82) is 0 Å². The second-order valence-corrected chi connectivity index (χ2v) is 2.44. The zero-order valence-corrected chi connectivity index (χ0v) is 10.8. The highest BCUT2D eigenvalue weighted by atomic mass is 16.5. The average molecular weight is 376 g/mol. The number of hydrogen-bond acceptors (Lipinski definition) is 8. The molecule has 0 aliphatic rings. The molecule has 8 N–H and O–H groups in total. The quantitative estimate of drug-likeness (QED) is 0.199. The molecule has 0 aliphatic carbocycles. The molecule has 0 atom stereocenters. The summed E-state index contributed by atoms with van der Waals surface area (Å²) in [5.41, 5.74) is 0. The van der Waals surface area contributed by atoms with E-state index < -0.39 is 47.8 Å². The first-order valence-corrected chi connectivity index (χ1v) is 4.42. The van der Waals surface area contributed by atoms with Gasteiger partial charge in [-0.25, -0.2) is 38.4 Å². The zero-order chi connectivity index (χ0) is 20.6. The monoisotopic (exact) mass is 376 g/mol. The summed E-state index contributed by atoms with van der Waals surface area (Å²) >= 11 is 0. The van der Waals surface area contributed by atoms with Gasteiger partial charge in [-0.05, 0) is 0 Å². The number of hydrogen-bond donors (Lipinski definition) is 8. The van der Waals surface area contributed by atoms with Crippen LogP contribution in [0.2, 0.25) is 0 Å². The summed E-state index contributed by atoms with van der Waals surface area (Å²) in [4.78, 5) is 72.8. The highest BCUT2D eigenvalue weighted by molar-refractivity contribution is 6.28. The molecule has 0 spiro atoms. The van der Waals surface area contributed by atoms with Crippen LogP contribution in [0.15, 0.2) is 0 Å². The smallest absolute Gasteiger partial charge is 0.414 e. The van der Waals surface area contributed by atoms with Crippen LogP contribution in [0.4, 0.5) is 0 Å². The Morgan fingerprint density at radius 1 is 0.280 bits per heavy atom. The van der Waals surface area contributed by atoms with E-state index in [2.05, 4.69) is 0 Å².